The molecular formula is C11H22N2. The molecule has 0 aromatic rings. The number of fused-ring (bicyclic) bond motifs is 2. The van der Waals surface area contributed by atoms with E-state index in [0.717, 1.165) is 18.4 Å². The predicted molar refractivity (Wildman–Crippen MR) is 55.5 cm³/mol. The van der Waals surface area contributed by atoms with Gasteiger partial charge in [-0.1, -0.05) is 13.8 Å². The van der Waals surface area contributed by atoms with Crippen LogP contribution in [0.3, 0.4) is 0 Å². The molecule has 2 saturated heterocycles. The molecular weight excluding hydrogens is 160 g/mol. The molecule has 2 nitrogen and oxygen atoms in total. The third-order valence-corrected chi connectivity index (χ3v) is 3.78. The Labute approximate surface area is 81.5 Å². The van der Waals surface area contributed by atoms with E-state index in [0.29, 0.717) is 5.54 Å². The summed E-state index contributed by atoms with van der Waals surface area (Å²) < 4.78 is 0. The van der Waals surface area contributed by atoms with Gasteiger partial charge in [-0.25, -0.2) is 0 Å². The zero-order valence-electron chi connectivity index (χ0n) is 8.92. The molecule has 1 saturated carbocycles. The van der Waals surface area contributed by atoms with Crippen LogP contribution in [0.25, 0.3) is 0 Å². The van der Waals surface area contributed by atoms with Gasteiger partial charge in [0.2, 0.25) is 0 Å². The van der Waals surface area contributed by atoms with Gasteiger partial charge in [-0.15, -0.1) is 0 Å². The molecule has 2 heterocycles. The third kappa shape index (κ3) is 1.50. The fourth-order valence-corrected chi connectivity index (χ4v) is 3.07. The highest BCUT2D eigenvalue weighted by Gasteiger charge is 2.50. The Bertz CT molecular complexity index is 183. The molecule has 2 N–H and O–H groups in total. The Morgan fingerprint density at radius 2 is 2.15 bits per heavy atom. The second kappa shape index (κ2) is 3.25. The minimum absolute atomic E-state index is 0.424. The number of hydrogen-bond acceptors (Lipinski definition) is 2. The second-order valence-corrected chi connectivity index (χ2v) is 5.33. The summed E-state index contributed by atoms with van der Waals surface area (Å²) in [6.07, 6.45) is 4.15. The maximum absolute atomic E-state index is 5.90. The maximum atomic E-state index is 5.90. The van der Waals surface area contributed by atoms with Crippen LogP contribution >= 0.6 is 0 Å². The van der Waals surface area contributed by atoms with Gasteiger partial charge in [0.1, 0.15) is 0 Å². The van der Waals surface area contributed by atoms with E-state index in [4.69, 9.17) is 5.73 Å². The number of piperidine rings is 2. The van der Waals surface area contributed by atoms with Crippen LogP contribution in [0, 0.1) is 11.8 Å². The van der Waals surface area contributed by atoms with E-state index >= 15 is 0 Å². The fraction of sp³-hybridized carbons (Fsp3) is 1.00. The summed E-state index contributed by atoms with van der Waals surface area (Å²) >= 11 is 0. The van der Waals surface area contributed by atoms with Crippen LogP contribution in [-0.4, -0.2) is 30.1 Å². The molecule has 0 radical (unpaired) electrons. The van der Waals surface area contributed by atoms with Crippen molar-refractivity contribution in [1.82, 2.24) is 4.90 Å². The van der Waals surface area contributed by atoms with Gasteiger partial charge in [0.15, 0.2) is 0 Å². The molecule has 3 fully saturated rings. The lowest BCUT2D eigenvalue weighted by molar-refractivity contribution is -0.0758. The van der Waals surface area contributed by atoms with E-state index in [9.17, 15) is 0 Å². The Hall–Kier alpha value is -0.0800. The number of hydrogen-bond donors (Lipinski definition) is 1. The Morgan fingerprint density at radius 3 is 2.69 bits per heavy atom. The lowest BCUT2D eigenvalue weighted by atomic mass is 9.62. The molecule has 0 aromatic carbocycles. The number of nitrogens with two attached hydrogens (primary N) is 1. The van der Waals surface area contributed by atoms with E-state index in [1.807, 2.05) is 0 Å². The third-order valence-electron chi connectivity index (χ3n) is 3.78. The predicted octanol–water partition coefficient (Wildman–Crippen LogP) is 1.46. The molecule has 0 aromatic heterocycles. The van der Waals surface area contributed by atoms with E-state index < -0.39 is 0 Å². The summed E-state index contributed by atoms with van der Waals surface area (Å²) in [6.45, 7) is 8.00. The van der Waals surface area contributed by atoms with Crippen molar-refractivity contribution in [2.24, 2.45) is 17.6 Å². The quantitative estimate of drug-likeness (QED) is 0.716. The normalized spacial score (nSPS) is 39.2. The molecule has 3 aliphatic rings. The molecule has 2 heteroatoms. The molecule has 2 bridgehead atoms. The summed E-state index contributed by atoms with van der Waals surface area (Å²) in [5.41, 5.74) is 6.32. The lowest BCUT2D eigenvalue weighted by Crippen LogP contribution is -2.66. The Morgan fingerprint density at radius 1 is 1.46 bits per heavy atom. The van der Waals surface area contributed by atoms with Crippen LogP contribution in [0.1, 0.15) is 33.1 Å². The van der Waals surface area contributed by atoms with Gasteiger partial charge in [0.25, 0.3) is 0 Å². The zero-order valence-corrected chi connectivity index (χ0v) is 8.92. The number of rotatable bonds is 3. The van der Waals surface area contributed by atoms with Crippen molar-refractivity contribution < 1.29 is 0 Å². The SMILES string of the molecule is CC(C)CN1CCC2CC1(CN)C2. The molecule has 0 atom stereocenters. The van der Waals surface area contributed by atoms with Gasteiger partial charge in [0.05, 0.1) is 0 Å². The average molecular weight is 182 g/mol. The van der Waals surface area contributed by atoms with Crippen molar-refractivity contribution in [3.05, 3.63) is 0 Å². The van der Waals surface area contributed by atoms with Crippen molar-refractivity contribution >= 4 is 0 Å². The zero-order chi connectivity index (χ0) is 9.47. The number of nitrogens with zero attached hydrogens (tertiary/aromatic N) is 1. The summed E-state index contributed by atoms with van der Waals surface area (Å²) in [5, 5.41) is 0. The monoisotopic (exact) mass is 182 g/mol. The van der Waals surface area contributed by atoms with Crippen LogP contribution in [0.15, 0.2) is 0 Å². The van der Waals surface area contributed by atoms with Crippen LogP contribution in [0.4, 0.5) is 0 Å². The van der Waals surface area contributed by atoms with Crippen LogP contribution in [-0.2, 0) is 0 Å². The summed E-state index contributed by atoms with van der Waals surface area (Å²) in [4.78, 5) is 2.65. The highest BCUT2D eigenvalue weighted by molar-refractivity contribution is 5.07. The van der Waals surface area contributed by atoms with Gasteiger partial charge in [-0.05, 0) is 37.6 Å². The van der Waals surface area contributed by atoms with Crippen LogP contribution < -0.4 is 5.73 Å². The fourth-order valence-electron chi connectivity index (χ4n) is 3.07. The largest absolute Gasteiger partial charge is 0.329 e. The standard InChI is InChI=1S/C11H22N2/c1-9(2)7-13-4-3-10-5-11(13,6-10)8-12/h9-10H,3-8,12H2,1-2H3. The molecule has 0 spiro atoms. The van der Waals surface area contributed by atoms with Crippen molar-refractivity contribution in [2.75, 3.05) is 19.6 Å². The summed E-state index contributed by atoms with van der Waals surface area (Å²) in [7, 11) is 0. The smallest absolute Gasteiger partial charge is 0.0337 e. The van der Waals surface area contributed by atoms with Gasteiger partial charge >= 0.3 is 0 Å². The van der Waals surface area contributed by atoms with Gasteiger partial charge in [-0.3, -0.25) is 4.90 Å². The van der Waals surface area contributed by atoms with E-state index in [1.54, 1.807) is 0 Å². The average Bonchev–Trinajstić information content (AvgIpc) is 2.02. The van der Waals surface area contributed by atoms with Crippen molar-refractivity contribution in [3.63, 3.8) is 0 Å². The summed E-state index contributed by atoms with van der Waals surface area (Å²) in [6, 6.07) is 0. The van der Waals surface area contributed by atoms with Gasteiger partial charge in [0, 0.05) is 18.6 Å². The highest BCUT2D eigenvalue weighted by atomic mass is 15.2. The topological polar surface area (TPSA) is 29.3 Å². The van der Waals surface area contributed by atoms with E-state index in [2.05, 4.69) is 18.7 Å². The van der Waals surface area contributed by atoms with Gasteiger partial charge < -0.3 is 5.73 Å². The molecule has 13 heavy (non-hydrogen) atoms. The van der Waals surface area contributed by atoms with E-state index in [1.165, 1.54) is 32.4 Å². The van der Waals surface area contributed by atoms with E-state index in [-0.39, 0.29) is 0 Å². The Kier molecular flexibility index (Phi) is 2.37. The highest BCUT2D eigenvalue weighted by Crippen LogP contribution is 2.48. The molecule has 3 rings (SSSR count). The first kappa shape index (κ1) is 9.47. The molecule has 76 valence electrons. The molecule has 0 amide bonds. The lowest BCUT2D eigenvalue weighted by Gasteiger charge is -2.59. The molecule has 2 aliphatic heterocycles. The van der Waals surface area contributed by atoms with Crippen LogP contribution in [0.2, 0.25) is 0 Å². The molecule has 1 aliphatic carbocycles. The first-order valence-electron chi connectivity index (χ1n) is 5.61. The Balaban J connectivity index is 1.99. The van der Waals surface area contributed by atoms with Crippen molar-refractivity contribution in [2.45, 2.75) is 38.6 Å². The molecule has 0 unspecified atom stereocenters. The van der Waals surface area contributed by atoms with Gasteiger partial charge in [-0.2, -0.15) is 0 Å². The van der Waals surface area contributed by atoms with Crippen LogP contribution in [0.5, 0.6) is 0 Å². The second-order valence-electron chi connectivity index (χ2n) is 5.33. The van der Waals surface area contributed by atoms with Crippen molar-refractivity contribution in [3.8, 4) is 0 Å². The minimum atomic E-state index is 0.424. The first-order valence-corrected chi connectivity index (χ1v) is 5.61. The maximum Gasteiger partial charge on any atom is 0.0337 e. The summed E-state index contributed by atoms with van der Waals surface area (Å²) in [5.74, 6) is 1.78. The minimum Gasteiger partial charge on any atom is -0.329 e. The van der Waals surface area contributed by atoms with Crippen molar-refractivity contribution in [1.29, 1.82) is 0 Å². The first-order chi connectivity index (χ1) is 6.16.